The van der Waals surface area contributed by atoms with Crippen LogP contribution < -0.4 is 11.0 Å². The van der Waals surface area contributed by atoms with Gasteiger partial charge in [-0.05, 0) is 53.0 Å². The van der Waals surface area contributed by atoms with Gasteiger partial charge < -0.3 is 9.73 Å². The van der Waals surface area contributed by atoms with Crippen LogP contribution in [0.4, 0.5) is 0 Å². The molecule has 0 radical (unpaired) electrons. The van der Waals surface area contributed by atoms with Gasteiger partial charge in [0.05, 0.1) is 6.54 Å². The Morgan fingerprint density at radius 3 is 2.85 bits per heavy atom. The number of rotatable bonds is 6. The lowest BCUT2D eigenvalue weighted by Gasteiger charge is -2.02. The zero-order valence-corrected chi connectivity index (χ0v) is 15.3. The first kappa shape index (κ1) is 16.8. The molecule has 0 saturated heterocycles. The van der Waals surface area contributed by atoms with Gasteiger partial charge in [0.2, 0.25) is 0 Å². The van der Waals surface area contributed by atoms with Gasteiger partial charge in [0, 0.05) is 30.5 Å². The first-order chi connectivity index (χ1) is 12.6. The van der Waals surface area contributed by atoms with E-state index in [0.29, 0.717) is 10.5 Å². The average Bonchev–Trinajstić information content (AvgIpc) is 3.30. The summed E-state index contributed by atoms with van der Waals surface area (Å²) in [4.78, 5) is 28.8. The smallest absolute Gasteiger partial charge is 0.346 e. The molecule has 26 heavy (non-hydrogen) atoms. The van der Waals surface area contributed by atoms with Crippen molar-refractivity contribution < 1.29 is 9.21 Å². The van der Waals surface area contributed by atoms with Gasteiger partial charge in [-0.25, -0.2) is 9.48 Å². The van der Waals surface area contributed by atoms with E-state index in [9.17, 15) is 9.59 Å². The zero-order chi connectivity index (χ0) is 18.1. The molecular weight excluding hydrogens is 402 g/mol. The monoisotopic (exact) mass is 417 g/mol. The minimum Gasteiger partial charge on any atom is -0.444 e. The summed E-state index contributed by atoms with van der Waals surface area (Å²) >= 11 is 3.16. The number of furan rings is 1. The van der Waals surface area contributed by atoms with Crippen LogP contribution >= 0.6 is 15.9 Å². The number of aromatic nitrogens is 4. The predicted octanol–water partition coefficient (Wildman–Crippen LogP) is 2.23. The number of carbonyl (C=O) groups excluding carboxylic acids is 1. The van der Waals surface area contributed by atoms with E-state index in [2.05, 4.69) is 31.3 Å². The lowest BCUT2D eigenvalue weighted by molar-refractivity contribution is 0.0923. The SMILES string of the molecule is O=C(NCCn1nc(-c2cccnc2)n(C2CC2)c1=O)c1ccc(Br)o1. The van der Waals surface area contributed by atoms with Crippen molar-refractivity contribution in [3.63, 3.8) is 0 Å². The van der Waals surface area contributed by atoms with Crippen molar-refractivity contribution >= 4 is 21.8 Å². The van der Waals surface area contributed by atoms with E-state index in [-0.39, 0.29) is 36.5 Å². The van der Waals surface area contributed by atoms with Gasteiger partial charge in [0.1, 0.15) is 0 Å². The number of halogens is 1. The molecule has 1 aliphatic carbocycles. The fraction of sp³-hybridized carbons (Fsp3) is 0.294. The first-order valence-electron chi connectivity index (χ1n) is 8.27. The highest BCUT2D eigenvalue weighted by molar-refractivity contribution is 9.10. The molecule has 1 fully saturated rings. The lowest BCUT2D eigenvalue weighted by atomic mass is 10.3. The Kier molecular flexibility index (Phi) is 4.46. The van der Waals surface area contributed by atoms with Crippen LogP contribution in [0.1, 0.15) is 29.4 Å². The molecule has 4 rings (SSSR count). The van der Waals surface area contributed by atoms with Crippen molar-refractivity contribution in [2.45, 2.75) is 25.4 Å². The van der Waals surface area contributed by atoms with Gasteiger partial charge in [-0.2, -0.15) is 0 Å². The Balaban J connectivity index is 1.50. The molecule has 1 saturated carbocycles. The molecular formula is C17H16BrN5O3. The molecule has 0 spiro atoms. The quantitative estimate of drug-likeness (QED) is 0.663. The molecule has 0 unspecified atom stereocenters. The van der Waals surface area contributed by atoms with Crippen molar-refractivity contribution in [3.8, 4) is 11.4 Å². The molecule has 8 nitrogen and oxygen atoms in total. The molecule has 1 aliphatic rings. The van der Waals surface area contributed by atoms with Crippen LogP contribution in [0.15, 0.2) is 50.5 Å². The van der Waals surface area contributed by atoms with E-state index < -0.39 is 0 Å². The van der Waals surface area contributed by atoms with Gasteiger partial charge >= 0.3 is 5.69 Å². The second-order valence-corrected chi connectivity index (χ2v) is 6.81. The molecule has 1 amide bonds. The van der Waals surface area contributed by atoms with Crippen LogP contribution in [0.3, 0.4) is 0 Å². The Morgan fingerprint density at radius 2 is 2.19 bits per heavy atom. The highest BCUT2D eigenvalue weighted by atomic mass is 79.9. The summed E-state index contributed by atoms with van der Waals surface area (Å²) in [7, 11) is 0. The van der Waals surface area contributed by atoms with Gasteiger partial charge in [-0.15, -0.1) is 5.10 Å². The molecule has 9 heteroatoms. The Bertz CT molecular complexity index is 987. The Hall–Kier alpha value is -2.68. The van der Waals surface area contributed by atoms with Crippen molar-refractivity contribution in [3.05, 3.63) is 57.6 Å². The van der Waals surface area contributed by atoms with Gasteiger partial charge in [-0.1, -0.05) is 0 Å². The minimum atomic E-state index is -0.335. The van der Waals surface area contributed by atoms with Gasteiger partial charge in [0.25, 0.3) is 5.91 Å². The summed E-state index contributed by atoms with van der Waals surface area (Å²) in [6, 6.07) is 7.12. The standard InChI is InChI=1S/C17H16BrN5O3/c18-14-6-5-13(26-14)16(24)20-8-9-22-17(25)23(12-3-4-12)15(21-22)11-2-1-7-19-10-11/h1-2,5-7,10,12H,3-4,8-9H2,(H,20,24). The third kappa shape index (κ3) is 3.34. The number of amides is 1. The molecule has 0 aromatic carbocycles. The van der Waals surface area contributed by atoms with E-state index >= 15 is 0 Å². The van der Waals surface area contributed by atoms with E-state index in [4.69, 9.17) is 4.42 Å². The van der Waals surface area contributed by atoms with E-state index in [0.717, 1.165) is 18.4 Å². The largest absolute Gasteiger partial charge is 0.444 e. The van der Waals surface area contributed by atoms with Crippen LogP contribution in [0.2, 0.25) is 0 Å². The summed E-state index contributed by atoms with van der Waals surface area (Å²) in [5.74, 6) is 0.494. The molecule has 0 atom stereocenters. The number of hydrogen-bond acceptors (Lipinski definition) is 5. The minimum absolute atomic E-state index is 0.165. The third-order valence-corrected chi connectivity index (χ3v) is 4.53. The third-order valence-electron chi connectivity index (χ3n) is 4.11. The topological polar surface area (TPSA) is 95.0 Å². The number of hydrogen-bond donors (Lipinski definition) is 1. The normalized spacial score (nSPS) is 13.7. The van der Waals surface area contributed by atoms with Crippen LogP contribution in [0.25, 0.3) is 11.4 Å². The van der Waals surface area contributed by atoms with Gasteiger partial charge in [-0.3, -0.25) is 14.3 Å². The van der Waals surface area contributed by atoms with Crippen LogP contribution in [0, 0.1) is 0 Å². The molecule has 3 aromatic rings. The van der Waals surface area contributed by atoms with Crippen LogP contribution in [-0.2, 0) is 6.54 Å². The second kappa shape index (κ2) is 6.91. The molecule has 1 N–H and O–H groups in total. The van der Waals surface area contributed by atoms with E-state index in [1.807, 2.05) is 12.1 Å². The highest BCUT2D eigenvalue weighted by Gasteiger charge is 2.30. The zero-order valence-electron chi connectivity index (χ0n) is 13.8. The van der Waals surface area contributed by atoms with Crippen LogP contribution in [0.5, 0.6) is 0 Å². The average molecular weight is 418 g/mol. The van der Waals surface area contributed by atoms with Crippen LogP contribution in [-0.4, -0.2) is 31.8 Å². The summed E-state index contributed by atoms with van der Waals surface area (Å²) in [5, 5.41) is 7.19. The van der Waals surface area contributed by atoms with E-state index in [1.54, 1.807) is 29.1 Å². The lowest BCUT2D eigenvalue weighted by Crippen LogP contribution is -2.32. The Labute approximate surface area is 157 Å². The number of nitrogens with zero attached hydrogens (tertiary/aromatic N) is 4. The molecule has 0 aliphatic heterocycles. The maximum Gasteiger partial charge on any atom is 0.346 e. The summed E-state index contributed by atoms with van der Waals surface area (Å²) in [6.07, 6.45) is 5.33. The fourth-order valence-electron chi connectivity index (χ4n) is 2.72. The van der Waals surface area contributed by atoms with Crippen molar-refractivity contribution in [2.24, 2.45) is 0 Å². The van der Waals surface area contributed by atoms with E-state index in [1.165, 1.54) is 4.68 Å². The van der Waals surface area contributed by atoms with Gasteiger partial charge in [0.15, 0.2) is 16.3 Å². The number of pyridine rings is 1. The van der Waals surface area contributed by atoms with Crippen molar-refractivity contribution in [2.75, 3.05) is 6.54 Å². The second-order valence-electron chi connectivity index (χ2n) is 6.03. The van der Waals surface area contributed by atoms with Crippen molar-refractivity contribution in [1.82, 2.24) is 24.6 Å². The highest BCUT2D eigenvalue weighted by Crippen LogP contribution is 2.36. The summed E-state index contributed by atoms with van der Waals surface area (Å²) < 4.78 is 8.80. The fourth-order valence-corrected chi connectivity index (χ4v) is 3.02. The van der Waals surface area contributed by atoms with Crippen molar-refractivity contribution in [1.29, 1.82) is 0 Å². The first-order valence-corrected chi connectivity index (χ1v) is 9.06. The molecule has 3 heterocycles. The maximum atomic E-state index is 12.7. The number of carbonyl (C=O) groups is 1. The maximum absolute atomic E-state index is 12.7. The molecule has 0 bridgehead atoms. The Morgan fingerprint density at radius 1 is 1.35 bits per heavy atom. The molecule has 3 aromatic heterocycles. The summed E-state index contributed by atoms with van der Waals surface area (Å²) in [5.41, 5.74) is 0.640. The molecule has 134 valence electrons. The predicted molar refractivity (Wildman–Crippen MR) is 96.7 cm³/mol. The number of nitrogens with one attached hydrogen (secondary N) is 1. The summed E-state index contributed by atoms with van der Waals surface area (Å²) in [6.45, 7) is 0.546.